The summed E-state index contributed by atoms with van der Waals surface area (Å²) in [4.78, 5) is 4.38. The predicted octanol–water partition coefficient (Wildman–Crippen LogP) is 12.6. The number of fused-ring (bicyclic) bond motifs is 8. The molecule has 361 valence electrons. The van der Waals surface area contributed by atoms with E-state index in [1.54, 1.807) is 49.0 Å². The van der Waals surface area contributed by atoms with Crippen molar-refractivity contribution in [3.63, 3.8) is 0 Å². The van der Waals surface area contributed by atoms with Crippen LogP contribution in [-0.2, 0) is 14.0 Å². The third-order valence-electron chi connectivity index (χ3n) is 13.6. The van der Waals surface area contributed by atoms with E-state index in [4.69, 9.17) is 50.9 Å². The summed E-state index contributed by atoms with van der Waals surface area (Å²) in [7, 11) is 6.52. The molecule has 5 heterocycles. The zero-order chi connectivity index (χ0) is 50.8. The molecule has 1 fully saturated rings. The summed E-state index contributed by atoms with van der Waals surface area (Å²) in [5, 5.41) is 28.6. The maximum atomic E-state index is 10.4. The van der Waals surface area contributed by atoms with Gasteiger partial charge in [0.15, 0.2) is 46.0 Å². The van der Waals surface area contributed by atoms with Crippen molar-refractivity contribution >= 4 is 77.7 Å². The molecule has 0 bridgehead atoms. The highest BCUT2D eigenvalue weighted by Crippen LogP contribution is 2.61. The van der Waals surface area contributed by atoms with Gasteiger partial charge in [-0.3, -0.25) is 9.80 Å². The Bertz CT molecular complexity index is 2740. The fraction of sp³-hybridized carbons (Fsp3) is 0.333. The van der Waals surface area contributed by atoms with Crippen molar-refractivity contribution in [3.8, 4) is 46.0 Å². The van der Waals surface area contributed by atoms with Crippen LogP contribution in [0.2, 0.25) is 0 Å². The zero-order valence-corrected chi connectivity index (χ0v) is 43.3. The molecule has 0 aromatic heterocycles. The van der Waals surface area contributed by atoms with E-state index in [2.05, 4.69) is 37.9 Å². The molecule has 0 amide bonds. The van der Waals surface area contributed by atoms with Crippen LogP contribution >= 0.6 is 15.9 Å². The molecule has 6 aromatic carbocycles. The first-order valence-corrected chi connectivity index (χ1v) is 23.9. The van der Waals surface area contributed by atoms with E-state index in [9.17, 15) is 5.11 Å². The topological polar surface area (TPSA) is 132 Å². The van der Waals surface area contributed by atoms with Crippen LogP contribution in [0.25, 0.3) is 0 Å². The SMILES string of the molecule is Brc1cc2c3c(c1)Oc1ccccc1N3c1ccccc1O2.CC(C)(O)C(C)(C)O.CC(C)(O)C(C)(C)O[B]c1cc2c3c(c1)Oc1ccccc1N3c1ccccc1O2.[B]B1OC(C)(C)C(C)(C)O1. The second kappa shape index (κ2) is 18.6. The second-order valence-corrected chi connectivity index (χ2v) is 21.5. The molecule has 12 nitrogen and oxygen atoms in total. The van der Waals surface area contributed by atoms with Crippen LogP contribution in [0, 0.1) is 0 Å². The van der Waals surface area contributed by atoms with E-state index < -0.39 is 29.4 Å². The summed E-state index contributed by atoms with van der Waals surface area (Å²) in [6, 6.07) is 39.8. The lowest BCUT2D eigenvalue weighted by molar-refractivity contribution is -0.107. The van der Waals surface area contributed by atoms with Gasteiger partial charge >= 0.3 is 14.5 Å². The average Bonchev–Trinajstić information content (AvgIpc) is 3.47. The number of rotatable bonds is 5. The molecule has 11 rings (SSSR count). The maximum Gasteiger partial charge on any atom is 0.388 e. The van der Waals surface area contributed by atoms with Gasteiger partial charge in [0.25, 0.3) is 0 Å². The third kappa shape index (κ3) is 10.1. The number of benzene rings is 6. The van der Waals surface area contributed by atoms with Crippen molar-refractivity contribution in [2.24, 2.45) is 0 Å². The standard InChI is InChI=1S/C24H23BNO4.C18H10BrNO2.C6H12B2O2.C6H14O2/c1-23(2,27)24(3,4)30-25-15-13-20-22-21(14-15)29-19-12-8-6-10-17(19)26(22)16-9-5-7-11-18(16)28-20;19-11-9-16-18-17(10-11)22-15-8-4-2-6-13(15)20(18)12-5-1-3-7-14(12)21-16;1-5(2)6(3,4)10-8(7)9-5;1-5(2,7)6(3,4)8/h5-14,27H,1-4H3;1-10H;1-4H3;7-8H,1-4H3. The van der Waals surface area contributed by atoms with Gasteiger partial charge in [0.1, 0.15) is 19.1 Å². The molecule has 0 aliphatic carbocycles. The Kier molecular flexibility index (Phi) is 13.6. The molecule has 5 aliphatic rings. The molecule has 3 radical (unpaired) electrons. The van der Waals surface area contributed by atoms with E-state index >= 15 is 0 Å². The third-order valence-corrected chi connectivity index (χ3v) is 14.0. The van der Waals surface area contributed by atoms with Gasteiger partial charge in [-0.15, -0.1) is 0 Å². The lowest BCUT2D eigenvalue weighted by Crippen LogP contribution is -2.49. The van der Waals surface area contributed by atoms with Crippen LogP contribution in [0.15, 0.2) is 126 Å². The summed E-state index contributed by atoms with van der Waals surface area (Å²) in [5.41, 5.74) is 2.23. The van der Waals surface area contributed by atoms with Crippen LogP contribution in [0.4, 0.5) is 34.1 Å². The molecule has 0 saturated carbocycles. The van der Waals surface area contributed by atoms with Gasteiger partial charge in [-0.1, -0.05) is 64.5 Å². The highest BCUT2D eigenvalue weighted by atomic mass is 79.9. The average molecular weight is 1010 g/mol. The first-order valence-electron chi connectivity index (χ1n) is 23.1. The Morgan fingerprint density at radius 1 is 0.500 bits per heavy atom. The highest BCUT2D eigenvalue weighted by molar-refractivity contribution is 9.10. The first kappa shape index (κ1) is 50.9. The van der Waals surface area contributed by atoms with Gasteiger partial charge in [-0.05, 0) is 161 Å². The van der Waals surface area contributed by atoms with Crippen LogP contribution in [0.3, 0.4) is 0 Å². The normalized spacial score (nSPS) is 16.0. The van der Waals surface area contributed by atoms with E-state index in [-0.39, 0.29) is 11.2 Å². The van der Waals surface area contributed by atoms with Crippen molar-refractivity contribution in [2.45, 2.75) is 117 Å². The highest BCUT2D eigenvalue weighted by Gasteiger charge is 2.48. The van der Waals surface area contributed by atoms with Gasteiger partial charge in [0.05, 0.1) is 56.4 Å². The van der Waals surface area contributed by atoms with Gasteiger partial charge in [-0.25, -0.2) is 0 Å². The Morgan fingerprint density at radius 2 is 0.800 bits per heavy atom. The summed E-state index contributed by atoms with van der Waals surface area (Å²) >= 11 is 3.53. The molecule has 70 heavy (non-hydrogen) atoms. The quantitative estimate of drug-likeness (QED) is 0.142. The fourth-order valence-electron chi connectivity index (χ4n) is 7.35. The molecule has 16 heteroatoms. The minimum atomic E-state index is -1.01. The van der Waals surface area contributed by atoms with Crippen LogP contribution < -0.4 is 34.2 Å². The minimum absolute atomic E-state index is 0.285. The molecule has 5 aliphatic heterocycles. The largest absolute Gasteiger partial charge is 0.453 e. The lowest BCUT2D eigenvalue weighted by Gasteiger charge is -2.39. The lowest BCUT2D eigenvalue weighted by atomic mass is 9.63. The number of ether oxygens (including phenoxy) is 4. The molecule has 6 aromatic rings. The zero-order valence-electron chi connectivity index (χ0n) is 41.8. The van der Waals surface area contributed by atoms with Gasteiger partial charge in [-0.2, -0.15) is 0 Å². The Hall–Kier alpha value is -5.45. The summed E-state index contributed by atoms with van der Waals surface area (Å²) in [6.45, 7) is 21.4. The molecule has 1 saturated heterocycles. The predicted molar refractivity (Wildman–Crippen MR) is 282 cm³/mol. The smallest absolute Gasteiger partial charge is 0.388 e. The van der Waals surface area contributed by atoms with Crippen molar-refractivity contribution in [2.75, 3.05) is 9.80 Å². The molecule has 0 atom stereocenters. The first-order chi connectivity index (χ1) is 32.7. The molecule has 0 unspecified atom stereocenters. The molecule has 3 N–H and O–H groups in total. The number of halogens is 1. The van der Waals surface area contributed by atoms with E-state index in [1.165, 1.54) is 0 Å². The number of aliphatic hydroxyl groups is 3. The molecular weight excluding hydrogens is 949 g/mol. The number of para-hydroxylation sites is 8. The van der Waals surface area contributed by atoms with Gasteiger partial charge < -0.3 is 48.2 Å². The second-order valence-electron chi connectivity index (χ2n) is 20.6. The number of hydrogen-bond acceptors (Lipinski definition) is 12. The summed E-state index contributed by atoms with van der Waals surface area (Å²) in [6.07, 6.45) is 0. The van der Waals surface area contributed by atoms with Crippen molar-refractivity contribution in [1.82, 2.24) is 0 Å². The minimum Gasteiger partial charge on any atom is -0.453 e. The summed E-state index contributed by atoms with van der Waals surface area (Å²) < 4.78 is 42.1. The Labute approximate surface area is 422 Å². The van der Waals surface area contributed by atoms with Crippen molar-refractivity contribution in [1.29, 1.82) is 0 Å². The van der Waals surface area contributed by atoms with Gasteiger partial charge in [0, 0.05) is 4.47 Å². The summed E-state index contributed by atoms with van der Waals surface area (Å²) in [5.74, 6) is 6.21. The van der Waals surface area contributed by atoms with Crippen LogP contribution in [0.5, 0.6) is 46.0 Å². The van der Waals surface area contributed by atoms with E-state index in [0.29, 0.717) is 11.5 Å². The van der Waals surface area contributed by atoms with Crippen molar-refractivity contribution in [3.05, 3.63) is 126 Å². The molecule has 0 spiro atoms. The fourth-order valence-corrected chi connectivity index (χ4v) is 7.76. The maximum absolute atomic E-state index is 10.4. The van der Waals surface area contributed by atoms with E-state index in [0.717, 1.165) is 78.6 Å². The van der Waals surface area contributed by atoms with Crippen LogP contribution in [-0.4, -0.2) is 71.2 Å². The number of anilines is 6. The number of nitrogens with zero attached hydrogens (tertiary/aromatic N) is 2. The Morgan fingerprint density at radius 3 is 1.07 bits per heavy atom. The Balaban J connectivity index is 0.000000143. The monoisotopic (exact) mass is 1010 g/mol. The number of hydrogen-bond donors (Lipinski definition) is 3. The van der Waals surface area contributed by atoms with Crippen molar-refractivity contribution < 1.29 is 48.2 Å². The molecular formula is C54H59B3BrN2O10. The van der Waals surface area contributed by atoms with E-state index in [1.807, 2.05) is 151 Å². The van der Waals surface area contributed by atoms with Gasteiger partial charge in [0.2, 0.25) is 0 Å². The van der Waals surface area contributed by atoms with Crippen LogP contribution in [0.1, 0.15) is 83.1 Å².